The summed E-state index contributed by atoms with van der Waals surface area (Å²) in [6, 6.07) is 5.74. The maximum Gasteiger partial charge on any atom is 0.274 e. The Hall–Kier alpha value is -2.54. The number of nitrogens with one attached hydrogen (secondary N) is 1. The second-order valence-corrected chi connectivity index (χ2v) is 4.52. The number of anilines is 1. The Labute approximate surface area is 123 Å². The molecule has 0 spiro atoms. The maximum absolute atomic E-state index is 12.5. The van der Waals surface area contributed by atoms with Gasteiger partial charge in [0.15, 0.2) is 5.82 Å². The third-order valence-electron chi connectivity index (χ3n) is 2.97. The fourth-order valence-corrected chi connectivity index (χ4v) is 1.91. The van der Waals surface area contributed by atoms with Crippen LogP contribution in [0.25, 0.3) is 0 Å². The maximum atomic E-state index is 12.5. The number of carbonyl (C=O) groups excluding carboxylic acids is 1. The van der Waals surface area contributed by atoms with Crippen LogP contribution in [0.1, 0.15) is 28.8 Å². The van der Waals surface area contributed by atoms with E-state index in [1.54, 1.807) is 4.90 Å². The summed E-state index contributed by atoms with van der Waals surface area (Å²) < 4.78 is 0. The number of rotatable bonds is 5. The number of amides is 1. The van der Waals surface area contributed by atoms with Crippen molar-refractivity contribution in [1.29, 1.82) is 0 Å². The van der Waals surface area contributed by atoms with Gasteiger partial charge in [-0.3, -0.25) is 14.8 Å². The largest absolute Gasteiger partial charge is 0.332 e. The quantitative estimate of drug-likeness (QED) is 0.631. The highest BCUT2D eigenvalue weighted by Crippen LogP contribution is 2.09. The first-order valence-electron chi connectivity index (χ1n) is 6.64. The number of hydrazine groups is 1. The summed E-state index contributed by atoms with van der Waals surface area (Å²) in [5.41, 5.74) is 4.39. The second kappa shape index (κ2) is 6.76. The van der Waals surface area contributed by atoms with Gasteiger partial charge in [-0.2, -0.15) is 0 Å². The SMILES string of the molecule is CCN(Cc1cccc(C)n1)C(=O)c1cncc(NN)n1. The molecule has 3 N–H and O–H groups in total. The number of nitrogens with zero attached hydrogens (tertiary/aromatic N) is 4. The summed E-state index contributed by atoms with van der Waals surface area (Å²) in [6.07, 6.45) is 2.88. The molecule has 1 amide bonds. The number of aromatic nitrogens is 3. The Kier molecular flexibility index (Phi) is 4.78. The fraction of sp³-hybridized carbons (Fsp3) is 0.286. The first kappa shape index (κ1) is 14.9. The average molecular weight is 286 g/mol. The minimum atomic E-state index is -0.203. The van der Waals surface area contributed by atoms with Crippen LogP contribution in [-0.4, -0.2) is 32.3 Å². The van der Waals surface area contributed by atoms with E-state index in [0.29, 0.717) is 18.9 Å². The molecule has 0 radical (unpaired) electrons. The molecule has 0 aliphatic carbocycles. The molecular weight excluding hydrogens is 268 g/mol. The number of aryl methyl sites for hydroxylation is 1. The third-order valence-corrected chi connectivity index (χ3v) is 2.97. The van der Waals surface area contributed by atoms with Crippen molar-refractivity contribution >= 4 is 11.7 Å². The monoisotopic (exact) mass is 286 g/mol. The first-order valence-corrected chi connectivity index (χ1v) is 6.64. The van der Waals surface area contributed by atoms with Crippen LogP contribution in [0.3, 0.4) is 0 Å². The smallest absolute Gasteiger partial charge is 0.274 e. The first-order chi connectivity index (χ1) is 10.1. The normalized spacial score (nSPS) is 10.2. The molecule has 7 nitrogen and oxygen atoms in total. The van der Waals surface area contributed by atoms with Crippen molar-refractivity contribution < 1.29 is 4.79 Å². The molecule has 2 heterocycles. The minimum absolute atomic E-state index is 0.203. The van der Waals surface area contributed by atoms with E-state index in [-0.39, 0.29) is 11.6 Å². The fourth-order valence-electron chi connectivity index (χ4n) is 1.91. The summed E-state index contributed by atoms with van der Waals surface area (Å²) in [7, 11) is 0. The summed E-state index contributed by atoms with van der Waals surface area (Å²) in [6.45, 7) is 4.81. The van der Waals surface area contributed by atoms with E-state index in [9.17, 15) is 4.79 Å². The molecule has 0 aliphatic rings. The van der Waals surface area contributed by atoms with Crippen LogP contribution in [0.4, 0.5) is 5.82 Å². The van der Waals surface area contributed by atoms with Crippen LogP contribution >= 0.6 is 0 Å². The predicted molar refractivity (Wildman–Crippen MR) is 79.2 cm³/mol. The van der Waals surface area contributed by atoms with Crippen molar-refractivity contribution in [3.05, 3.63) is 47.7 Å². The Morgan fingerprint density at radius 1 is 1.33 bits per heavy atom. The van der Waals surface area contributed by atoms with Gasteiger partial charge in [0, 0.05) is 12.2 Å². The summed E-state index contributed by atoms with van der Waals surface area (Å²) in [4.78, 5) is 26.6. The van der Waals surface area contributed by atoms with Gasteiger partial charge in [0.1, 0.15) is 5.69 Å². The standard InChI is InChI=1S/C14H18N6O/c1-3-20(9-11-6-4-5-10(2)17-11)14(21)12-7-16-8-13(18-12)19-15/h4-8H,3,9,15H2,1-2H3,(H,18,19). The molecule has 2 aromatic rings. The van der Waals surface area contributed by atoms with Crippen LogP contribution in [0.15, 0.2) is 30.6 Å². The molecule has 0 bridgehead atoms. The van der Waals surface area contributed by atoms with Gasteiger partial charge < -0.3 is 10.3 Å². The van der Waals surface area contributed by atoms with Crippen LogP contribution in [0.5, 0.6) is 0 Å². The lowest BCUT2D eigenvalue weighted by molar-refractivity contribution is 0.0744. The third kappa shape index (κ3) is 3.73. The molecule has 0 aromatic carbocycles. The molecule has 110 valence electrons. The Morgan fingerprint density at radius 2 is 2.14 bits per heavy atom. The number of hydrogen-bond acceptors (Lipinski definition) is 6. The number of carbonyl (C=O) groups is 1. The van der Waals surface area contributed by atoms with Crippen molar-refractivity contribution in [1.82, 2.24) is 19.9 Å². The van der Waals surface area contributed by atoms with Crippen LogP contribution in [-0.2, 0) is 6.54 Å². The number of nitrogen functional groups attached to an aromatic ring is 1. The van der Waals surface area contributed by atoms with Gasteiger partial charge in [-0.1, -0.05) is 6.07 Å². The molecule has 7 heteroatoms. The second-order valence-electron chi connectivity index (χ2n) is 4.52. The van der Waals surface area contributed by atoms with E-state index in [1.807, 2.05) is 32.0 Å². The highest BCUT2D eigenvalue weighted by Gasteiger charge is 2.17. The zero-order valence-electron chi connectivity index (χ0n) is 12.1. The average Bonchev–Trinajstić information content (AvgIpc) is 2.52. The number of nitrogens with two attached hydrogens (primary N) is 1. The zero-order valence-corrected chi connectivity index (χ0v) is 12.1. The Balaban J connectivity index is 2.18. The molecule has 21 heavy (non-hydrogen) atoms. The van der Waals surface area contributed by atoms with Gasteiger partial charge in [-0.15, -0.1) is 0 Å². The molecule has 0 fully saturated rings. The number of hydrogen-bond donors (Lipinski definition) is 2. The van der Waals surface area contributed by atoms with E-state index >= 15 is 0 Å². The molecule has 0 unspecified atom stereocenters. The molecular formula is C14H18N6O. The highest BCUT2D eigenvalue weighted by molar-refractivity contribution is 5.92. The van der Waals surface area contributed by atoms with Gasteiger partial charge in [0.2, 0.25) is 0 Å². The van der Waals surface area contributed by atoms with E-state index in [2.05, 4.69) is 20.4 Å². The van der Waals surface area contributed by atoms with Gasteiger partial charge in [0.25, 0.3) is 5.91 Å². The molecule has 2 aromatic heterocycles. The highest BCUT2D eigenvalue weighted by atomic mass is 16.2. The lowest BCUT2D eigenvalue weighted by atomic mass is 10.2. The summed E-state index contributed by atoms with van der Waals surface area (Å²) in [5.74, 6) is 5.43. The molecule has 2 rings (SSSR count). The van der Waals surface area contributed by atoms with E-state index < -0.39 is 0 Å². The van der Waals surface area contributed by atoms with E-state index in [1.165, 1.54) is 12.4 Å². The van der Waals surface area contributed by atoms with Gasteiger partial charge in [0.05, 0.1) is 24.6 Å². The Bertz CT molecular complexity index is 630. The van der Waals surface area contributed by atoms with Crippen molar-refractivity contribution in [2.24, 2.45) is 5.84 Å². The van der Waals surface area contributed by atoms with Crippen molar-refractivity contribution in [3.63, 3.8) is 0 Å². The summed E-state index contributed by atoms with van der Waals surface area (Å²) in [5, 5.41) is 0. The topological polar surface area (TPSA) is 97.0 Å². The Morgan fingerprint density at radius 3 is 2.81 bits per heavy atom. The van der Waals surface area contributed by atoms with E-state index in [0.717, 1.165) is 11.4 Å². The van der Waals surface area contributed by atoms with Gasteiger partial charge >= 0.3 is 0 Å². The molecule has 0 aliphatic heterocycles. The summed E-state index contributed by atoms with van der Waals surface area (Å²) >= 11 is 0. The lowest BCUT2D eigenvalue weighted by Crippen LogP contribution is -2.31. The van der Waals surface area contributed by atoms with Crippen LogP contribution < -0.4 is 11.3 Å². The molecule has 0 atom stereocenters. The number of pyridine rings is 1. The van der Waals surface area contributed by atoms with Crippen LogP contribution in [0.2, 0.25) is 0 Å². The predicted octanol–water partition coefficient (Wildman–Crippen LogP) is 1.13. The molecule has 0 saturated heterocycles. The van der Waals surface area contributed by atoms with Crippen molar-refractivity contribution in [2.75, 3.05) is 12.0 Å². The van der Waals surface area contributed by atoms with E-state index in [4.69, 9.17) is 5.84 Å². The molecule has 0 saturated carbocycles. The zero-order chi connectivity index (χ0) is 15.2. The van der Waals surface area contributed by atoms with Gasteiger partial charge in [-0.25, -0.2) is 10.8 Å². The minimum Gasteiger partial charge on any atom is -0.332 e. The van der Waals surface area contributed by atoms with Crippen molar-refractivity contribution in [3.8, 4) is 0 Å². The van der Waals surface area contributed by atoms with Crippen LogP contribution in [0, 0.1) is 6.92 Å². The van der Waals surface area contributed by atoms with Crippen molar-refractivity contribution in [2.45, 2.75) is 20.4 Å². The van der Waals surface area contributed by atoms with Gasteiger partial charge in [-0.05, 0) is 26.0 Å². The lowest BCUT2D eigenvalue weighted by Gasteiger charge is -2.20.